The molecular weight excluding hydrogens is 348 g/mol. The summed E-state index contributed by atoms with van der Waals surface area (Å²) in [6.45, 7) is 7.11. The van der Waals surface area contributed by atoms with Crippen LogP contribution in [-0.4, -0.2) is 59.0 Å². The third-order valence-corrected chi connectivity index (χ3v) is 4.65. The molecule has 146 valence electrons. The van der Waals surface area contributed by atoms with Crippen LogP contribution in [0.15, 0.2) is 33.9 Å². The number of nitrogens with zero attached hydrogens (tertiary/aromatic N) is 2. The fourth-order valence-electron chi connectivity index (χ4n) is 3.55. The Morgan fingerprint density at radius 2 is 1.85 bits per heavy atom. The Morgan fingerprint density at radius 3 is 2.56 bits per heavy atom. The predicted molar refractivity (Wildman–Crippen MR) is 103 cm³/mol. The summed E-state index contributed by atoms with van der Waals surface area (Å²) in [6.07, 6.45) is 1.26. The number of carbonyl (C=O) groups is 1. The van der Waals surface area contributed by atoms with Gasteiger partial charge in [-0.05, 0) is 32.4 Å². The number of nitrogens with one attached hydrogen (secondary N) is 2. The number of rotatable bonds is 6. The Bertz CT molecular complexity index is 910. The van der Waals surface area contributed by atoms with Crippen molar-refractivity contribution < 1.29 is 9.53 Å². The van der Waals surface area contributed by atoms with E-state index in [1.165, 1.54) is 0 Å². The van der Waals surface area contributed by atoms with Gasteiger partial charge in [0.15, 0.2) is 0 Å². The first kappa shape index (κ1) is 19.3. The summed E-state index contributed by atoms with van der Waals surface area (Å²) in [7, 11) is 0. The lowest BCUT2D eigenvalue weighted by atomic mass is 10.2. The molecule has 1 aliphatic heterocycles. The zero-order valence-corrected chi connectivity index (χ0v) is 15.7. The van der Waals surface area contributed by atoms with Gasteiger partial charge in [0.1, 0.15) is 6.54 Å². The molecule has 0 spiro atoms. The van der Waals surface area contributed by atoms with Gasteiger partial charge in [-0.1, -0.05) is 12.1 Å². The Kier molecular flexibility index (Phi) is 6.08. The summed E-state index contributed by atoms with van der Waals surface area (Å²) in [5.41, 5.74) is -0.759. The first-order valence-corrected chi connectivity index (χ1v) is 9.30. The van der Waals surface area contributed by atoms with Gasteiger partial charge in [-0.25, -0.2) is 4.68 Å². The van der Waals surface area contributed by atoms with Crippen molar-refractivity contribution in [3.63, 3.8) is 0 Å². The number of carbonyl (C=O) groups excluding carboxylic acids is 1. The Morgan fingerprint density at radius 1 is 1.19 bits per heavy atom. The van der Waals surface area contributed by atoms with E-state index in [4.69, 9.17) is 4.74 Å². The largest absolute Gasteiger partial charge is 0.373 e. The molecule has 0 radical (unpaired) electrons. The van der Waals surface area contributed by atoms with Crippen molar-refractivity contribution in [2.45, 2.75) is 39.0 Å². The predicted octanol–water partition coefficient (Wildman–Crippen LogP) is 0.305. The minimum absolute atomic E-state index is 0.204. The number of H-pyrrole nitrogens is 1. The van der Waals surface area contributed by atoms with Gasteiger partial charge in [0, 0.05) is 26.2 Å². The normalized spacial score (nSPS) is 20.7. The molecule has 8 heteroatoms. The number of morpholine rings is 1. The maximum Gasteiger partial charge on any atom is 0.273 e. The van der Waals surface area contributed by atoms with Crippen molar-refractivity contribution in [2.75, 3.05) is 26.2 Å². The Balaban J connectivity index is 1.51. The van der Waals surface area contributed by atoms with Gasteiger partial charge >= 0.3 is 0 Å². The minimum atomic E-state index is -0.381. The fourth-order valence-corrected chi connectivity index (χ4v) is 3.55. The van der Waals surface area contributed by atoms with Crippen LogP contribution in [0.3, 0.4) is 0 Å². The van der Waals surface area contributed by atoms with E-state index in [0.717, 1.165) is 30.7 Å². The standard InChI is InChI=1S/C19H26N4O4/c1-13-10-22(11-14(2)27-13)9-5-8-20-17(24)12-23-19(26)16-7-4-3-6-15(16)18(25)21-23/h3-4,6-7,13-14H,5,8-12H2,1-2H3,(H,20,24)(H,21,25)/t13-,14+. The van der Waals surface area contributed by atoms with Crippen LogP contribution in [0.2, 0.25) is 0 Å². The van der Waals surface area contributed by atoms with Crippen LogP contribution in [-0.2, 0) is 16.1 Å². The summed E-state index contributed by atoms with van der Waals surface area (Å²) >= 11 is 0. The average molecular weight is 374 g/mol. The van der Waals surface area contributed by atoms with E-state index in [-0.39, 0.29) is 35.8 Å². The first-order valence-electron chi connectivity index (χ1n) is 9.30. The Hall–Kier alpha value is -2.45. The van der Waals surface area contributed by atoms with Crippen LogP contribution in [0, 0.1) is 0 Å². The first-order chi connectivity index (χ1) is 12.9. The van der Waals surface area contributed by atoms with Crippen molar-refractivity contribution >= 4 is 16.7 Å². The topological polar surface area (TPSA) is 96.4 Å². The van der Waals surface area contributed by atoms with Crippen molar-refractivity contribution in [3.8, 4) is 0 Å². The van der Waals surface area contributed by atoms with Crippen molar-refractivity contribution in [1.82, 2.24) is 20.0 Å². The molecule has 1 fully saturated rings. The molecule has 1 saturated heterocycles. The average Bonchev–Trinajstić information content (AvgIpc) is 2.62. The number of aromatic amines is 1. The molecule has 1 amide bonds. The smallest absolute Gasteiger partial charge is 0.273 e. The number of fused-ring (bicyclic) bond motifs is 1. The maximum absolute atomic E-state index is 12.4. The van der Waals surface area contributed by atoms with Gasteiger partial charge in [-0.3, -0.25) is 24.4 Å². The molecule has 1 aromatic carbocycles. The molecule has 3 rings (SSSR count). The lowest BCUT2D eigenvalue weighted by Crippen LogP contribution is -2.46. The van der Waals surface area contributed by atoms with E-state index < -0.39 is 0 Å². The van der Waals surface area contributed by atoms with E-state index >= 15 is 0 Å². The van der Waals surface area contributed by atoms with Gasteiger partial charge in [-0.2, -0.15) is 0 Å². The zero-order valence-electron chi connectivity index (χ0n) is 15.7. The highest BCUT2D eigenvalue weighted by molar-refractivity contribution is 5.81. The number of hydrogen-bond acceptors (Lipinski definition) is 5. The third-order valence-electron chi connectivity index (χ3n) is 4.65. The van der Waals surface area contributed by atoms with Crippen LogP contribution in [0.4, 0.5) is 0 Å². The molecule has 0 unspecified atom stereocenters. The molecule has 27 heavy (non-hydrogen) atoms. The summed E-state index contributed by atoms with van der Waals surface area (Å²) < 4.78 is 6.77. The second-order valence-electron chi connectivity index (χ2n) is 7.10. The molecule has 8 nitrogen and oxygen atoms in total. The molecule has 2 heterocycles. The fraction of sp³-hybridized carbons (Fsp3) is 0.526. The van der Waals surface area contributed by atoms with Gasteiger partial charge in [0.25, 0.3) is 11.1 Å². The monoisotopic (exact) mass is 374 g/mol. The molecule has 1 aromatic heterocycles. The van der Waals surface area contributed by atoms with Gasteiger partial charge in [-0.15, -0.1) is 0 Å². The second-order valence-corrected chi connectivity index (χ2v) is 7.10. The van der Waals surface area contributed by atoms with E-state index in [1.807, 2.05) is 0 Å². The van der Waals surface area contributed by atoms with Crippen molar-refractivity contribution in [3.05, 3.63) is 45.0 Å². The van der Waals surface area contributed by atoms with Crippen molar-refractivity contribution in [2.24, 2.45) is 0 Å². The summed E-state index contributed by atoms with van der Waals surface area (Å²) in [4.78, 5) is 38.9. The molecular formula is C19H26N4O4. The van der Waals surface area contributed by atoms with E-state index in [1.54, 1.807) is 24.3 Å². The summed E-state index contributed by atoms with van der Waals surface area (Å²) in [5.74, 6) is -0.299. The molecule has 0 bridgehead atoms. The van der Waals surface area contributed by atoms with Gasteiger partial charge in [0.2, 0.25) is 5.91 Å². The Labute approximate surface area is 157 Å². The van der Waals surface area contributed by atoms with E-state index in [9.17, 15) is 14.4 Å². The highest BCUT2D eigenvalue weighted by Gasteiger charge is 2.21. The maximum atomic E-state index is 12.4. The summed E-state index contributed by atoms with van der Waals surface area (Å²) in [6, 6.07) is 6.57. The van der Waals surface area contributed by atoms with Gasteiger partial charge in [0.05, 0.1) is 23.0 Å². The molecule has 0 saturated carbocycles. The lowest BCUT2D eigenvalue weighted by Gasteiger charge is -2.35. The number of aromatic nitrogens is 2. The van der Waals surface area contributed by atoms with E-state index in [2.05, 4.69) is 29.2 Å². The van der Waals surface area contributed by atoms with Crippen LogP contribution in [0.1, 0.15) is 20.3 Å². The van der Waals surface area contributed by atoms with Crippen LogP contribution >= 0.6 is 0 Å². The number of ether oxygens (including phenoxy) is 1. The quantitative estimate of drug-likeness (QED) is 0.709. The second kappa shape index (κ2) is 8.49. The van der Waals surface area contributed by atoms with Crippen LogP contribution < -0.4 is 16.4 Å². The van der Waals surface area contributed by atoms with Crippen LogP contribution in [0.25, 0.3) is 10.8 Å². The molecule has 2 N–H and O–H groups in total. The molecule has 2 aromatic rings. The lowest BCUT2D eigenvalue weighted by molar-refractivity contribution is -0.122. The summed E-state index contributed by atoms with van der Waals surface area (Å²) in [5, 5.41) is 5.91. The molecule has 1 aliphatic rings. The minimum Gasteiger partial charge on any atom is -0.373 e. The third kappa shape index (κ3) is 4.84. The number of benzene rings is 1. The number of amides is 1. The highest BCUT2D eigenvalue weighted by Crippen LogP contribution is 2.10. The molecule has 0 aliphatic carbocycles. The van der Waals surface area contributed by atoms with Crippen molar-refractivity contribution in [1.29, 1.82) is 0 Å². The van der Waals surface area contributed by atoms with Crippen LogP contribution in [0.5, 0.6) is 0 Å². The SMILES string of the molecule is C[C@@H]1CN(CCCNC(=O)Cn2[nH]c(=O)c3ccccc3c2=O)C[C@H](C)O1. The zero-order chi connectivity index (χ0) is 19.4. The highest BCUT2D eigenvalue weighted by atomic mass is 16.5. The number of hydrogen-bond donors (Lipinski definition) is 2. The van der Waals surface area contributed by atoms with E-state index in [0.29, 0.717) is 17.3 Å². The molecule has 2 atom stereocenters. The van der Waals surface area contributed by atoms with Gasteiger partial charge < -0.3 is 10.1 Å².